The number of carbonyl (C=O) groups excluding carboxylic acids is 3. The SMILES string of the molecule is C[C@H](NC(=O)COc1ccc(/C=N\NC(=O)C(=O)NC(C)(C)C)cc1)c1ccccc1. The minimum Gasteiger partial charge on any atom is -0.484 e. The molecular formula is C23H28N4O4. The molecule has 2 aromatic rings. The number of hydrogen-bond donors (Lipinski definition) is 3. The van der Waals surface area contributed by atoms with Crippen molar-refractivity contribution in [1.82, 2.24) is 16.1 Å². The van der Waals surface area contributed by atoms with E-state index in [-0.39, 0.29) is 18.6 Å². The Labute approximate surface area is 182 Å². The number of amides is 3. The minimum atomic E-state index is -0.845. The van der Waals surface area contributed by atoms with Crippen molar-refractivity contribution in [2.24, 2.45) is 5.10 Å². The second-order valence-corrected chi connectivity index (χ2v) is 7.96. The average Bonchev–Trinajstić information content (AvgIpc) is 2.72. The topological polar surface area (TPSA) is 109 Å². The zero-order valence-electron chi connectivity index (χ0n) is 18.1. The molecule has 2 aromatic carbocycles. The summed E-state index contributed by atoms with van der Waals surface area (Å²) in [5.41, 5.74) is 3.37. The van der Waals surface area contributed by atoms with Gasteiger partial charge in [-0.05, 0) is 63.1 Å². The third-order valence-corrected chi connectivity index (χ3v) is 4.00. The van der Waals surface area contributed by atoms with Crippen LogP contribution in [0, 0.1) is 0 Å². The predicted octanol–water partition coefficient (Wildman–Crippen LogP) is 2.31. The summed E-state index contributed by atoms with van der Waals surface area (Å²) in [5.74, 6) is -1.30. The van der Waals surface area contributed by atoms with Gasteiger partial charge < -0.3 is 15.4 Å². The van der Waals surface area contributed by atoms with Gasteiger partial charge in [-0.3, -0.25) is 14.4 Å². The van der Waals surface area contributed by atoms with Gasteiger partial charge in [-0.25, -0.2) is 5.43 Å². The van der Waals surface area contributed by atoms with Crippen LogP contribution in [-0.2, 0) is 14.4 Å². The lowest BCUT2D eigenvalue weighted by atomic mass is 10.1. The molecule has 0 aromatic heterocycles. The van der Waals surface area contributed by atoms with Gasteiger partial charge in [-0.15, -0.1) is 0 Å². The fourth-order valence-corrected chi connectivity index (χ4v) is 2.52. The Hall–Kier alpha value is -3.68. The summed E-state index contributed by atoms with van der Waals surface area (Å²) in [6.45, 7) is 7.13. The summed E-state index contributed by atoms with van der Waals surface area (Å²) < 4.78 is 5.50. The number of ether oxygens (including phenoxy) is 1. The summed E-state index contributed by atoms with van der Waals surface area (Å²) in [5, 5.41) is 9.19. The van der Waals surface area contributed by atoms with Crippen molar-refractivity contribution >= 4 is 23.9 Å². The van der Waals surface area contributed by atoms with E-state index in [0.717, 1.165) is 5.56 Å². The van der Waals surface area contributed by atoms with Crippen LogP contribution in [0.25, 0.3) is 0 Å². The van der Waals surface area contributed by atoms with Crippen molar-refractivity contribution < 1.29 is 19.1 Å². The Balaban J connectivity index is 1.77. The van der Waals surface area contributed by atoms with Gasteiger partial charge in [-0.1, -0.05) is 30.3 Å². The molecule has 2 rings (SSSR count). The second kappa shape index (κ2) is 10.9. The van der Waals surface area contributed by atoms with Crippen molar-refractivity contribution in [3.63, 3.8) is 0 Å². The van der Waals surface area contributed by atoms with E-state index in [0.29, 0.717) is 11.3 Å². The van der Waals surface area contributed by atoms with Gasteiger partial charge >= 0.3 is 11.8 Å². The molecule has 0 saturated heterocycles. The third-order valence-electron chi connectivity index (χ3n) is 4.00. The van der Waals surface area contributed by atoms with Gasteiger partial charge in [0.1, 0.15) is 5.75 Å². The van der Waals surface area contributed by atoms with Gasteiger partial charge in [-0.2, -0.15) is 5.10 Å². The zero-order valence-corrected chi connectivity index (χ0v) is 18.1. The smallest absolute Gasteiger partial charge is 0.329 e. The Morgan fingerprint density at radius 1 is 1.00 bits per heavy atom. The molecule has 0 aliphatic carbocycles. The first-order valence-corrected chi connectivity index (χ1v) is 9.87. The molecule has 3 amide bonds. The standard InChI is InChI=1S/C23H28N4O4/c1-16(18-8-6-5-7-9-18)25-20(28)15-31-19-12-10-17(11-13-19)14-24-27-22(30)21(29)26-23(2,3)4/h5-14,16H,15H2,1-4H3,(H,25,28)(H,26,29)(H,27,30)/b24-14-/t16-/m0/s1. The lowest BCUT2D eigenvalue weighted by Gasteiger charge is -2.19. The van der Waals surface area contributed by atoms with Gasteiger partial charge in [0.25, 0.3) is 5.91 Å². The summed E-state index contributed by atoms with van der Waals surface area (Å²) >= 11 is 0. The largest absolute Gasteiger partial charge is 0.484 e. The van der Waals surface area contributed by atoms with Crippen molar-refractivity contribution in [3.05, 3.63) is 65.7 Å². The molecule has 8 nitrogen and oxygen atoms in total. The Kier molecular flexibility index (Phi) is 8.31. The van der Waals surface area contributed by atoms with E-state index in [1.54, 1.807) is 45.0 Å². The van der Waals surface area contributed by atoms with Crippen molar-refractivity contribution in [2.75, 3.05) is 6.61 Å². The van der Waals surface area contributed by atoms with Crippen LogP contribution >= 0.6 is 0 Å². The summed E-state index contributed by atoms with van der Waals surface area (Å²) in [4.78, 5) is 35.4. The molecular weight excluding hydrogens is 396 g/mol. The first-order valence-electron chi connectivity index (χ1n) is 9.87. The third kappa shape index (κ3) is 8.69. The maximum atomic E-state index is 12.1. The van der Waals surface area contributed by atoms with Gasteiger partial charge in [0.2, 0.25) is 0 Å². The molecule has 1 atom stereocenters. The second-order valence-electron chi connectivity index (χ2n) is 7.96. The van der Waals surface area contributed by atoms with E-state index in [9.17, 15) is 14.4 Å². The highest BCUT2D eigenvalue weighted by Gasteiger charge is 2.19. The molecule has 0 saturated carbocycles. The maximum Gasteiger partial charge on any atom is 0.329 e. The highest BCUT2D eigenvalue weighted by atomic mass is 16.5. The summed E-state index contributed by atoms with van der Waals surface area (Å²) in [7, 11) is 0. The fourth-order valence-electron chi connectivity index (χ4n) is 2.52. The van der Waals surface area contributed by atoms with Crippen molar-refractivity contribution in [3.8, 4) is 5.75 Å². The monoisotopic (exact) mass is 424 g/mol. The number of rotatable bonds is 7. The Morgan fingerprint density at radius 3 is 2.26 bits per heavy atom. The lowest BCUT2D eigenvalue weighted by molar-refractivity contribution is -0.140. The van der Waals surface area contributed by atoms with Crippen LogP contribution in [0.4, 0.5) is 0 Å². The molecule has 0 heterocycles. The summed E-state index contributed by atoms with van der Waals surface area (Å²) in [6, 6.07) is 16.3. The number of benzene rings is 2. The number of hydrogen-bond acceptors (Lipinski definition) is 5. The molecule has 0 aliphatic heterocycles. The van der Waals surface area contributed by atoms with Crippen LogP contribution in [0.1, 0.15) is 44.9 Å². The van der Waals surface area contributed by atoms with Gasteiger partial charge in [0.15, 0.2) is 6.61 Å². The number of nitrogens with zero attached hydrogens (tertiary/aromatic N) is 1. The van der Waals surface area contributed by atoms with Crippen LogP contribution in [0.15, 0.2) is 59.7 Å². The normalized spacial score (nSPS) is 12.1. The first-order chi connectivity index (χ1) is 14.6. The molecule has 8 heteroatoms. The van der Waals surface area contributed by atoms with Gasteiger partial charge in [0.05, 0.1) is 12.3 Å². The van der Waals surface area contributed by atoms with Gasteiger partial charge in [0, 0.05) is 5.54 Å². The van der Waals surface area contributed by atoms with E-state index in [2.05, 4.69) is 21.2 Å². The first kappa shape index (κ1) is 23.6. The molecule has 0 bridgehead atoms. The number of hydrazone groups is 1. The Bertz CT molecular complexity index is 919. The molecule has 31 heavy (non-hydrogen) atoms. The van der Waals surface area contributed by atoms with Crippen LogP contribution in [0.2, 0.25) is 0 Å². The van der Waals surface area contributed by atoms with Crippen LogP contribution < -0.4 is 20.8 Å². The average molecular weight is 425 g/mol. The van der Waals surface area contributed by atoms with Crippen LogP contribution in [0.5, 0.6) is 5.75 Å². The molecule has 0 fully saturated rings. The molecule has 164 valence electrons. The van der Waals surface area contributed by atoms with E-state index >= 15 is 0 Å². The highest BCUT2D eigenvalue weighted by Crippen LogP contribution is 2.13. The Morgan fingerprint density at radius 2 is 1.65 bits per heavy atom. The number of carbonyl (C=O) groups is 3. The quantitative estimate of drug-likeness (QED) is 0.360. The van der Waals surface area contributed by atoms with E-state index in [1.807, 2.05) is 37.3 Å². The molecule has 0 aliphatic rings. The predicted molar refractivity (Wildman–Crippen MR) is 119 cm³/mol. The van der Waals surface area contributed by atoms with Crippen LogP contribution in [-0.4, -0.2) is 36.1 Å². The van der Waals surface area contributed by atoms with E-state index < -0.39 is 17.4 Å². The minimum absolute atomic E-state index is 0.108. The molecule has 0 unspecified atom stereocenters. The van der Waals surface area contributed by atoms with Crippen molar-refractivity contribution in [2.45, 2.75) is 39.3 Å². The van der Waals surface area contributed by atoms with E-state index in [4.69, 9.17) is 4.74 Å². The van der Waals surface area contributed by atoms with Crippen LogP contribution in [0.3, 0.4) is 0 Å². The van der Waals surface area contributed by atoms with Crippen molar-refractivity contribution in [1.29, 1.82) is 0 Å². The fraction of sp³-hybridized carbons (Fsp3) is 0.304. The molecule has 0 radical (unpaired) electrons. The maximum absolute atomic E-state index is 12.1. The molecule has 0 spiro atoms. The number of nitrogens with one attached hydrogen (secondary N) is 3. The lowest BCUT2D eigenvalue weighted by Crippen LogP contribution is -2.47. The molecule has 3 N–H and O–H groups in total. The highest BCUT2D eigenvalue weighted by molar-refractivity contribution is 6.35. The summed E-state index contributed by atoms with van der Waals surface area (Å²) in [6.07, 6.45) is 1.40. The zero-order chi connectivity index (χ0) is 22.9. The van der Waals surface area contributed by atoms with E-state index in [1.165, 1.54) is 6.21 Å².